The zero-order valence-corrected chi connectivity index (χ0v) is 8.88. The van der Waals surface area contributed by atoms with Crippen molar-refractivity contribution in [1.29, 1.82) is 0 Å². The Morgan fingerprint density at radius 3 is 2.93 bits per heavy atom. The van der Waals surface area contributed by atoms with E-state index in [1.165, 1.54) is 12.1 Å². The zero-order valence-electron chi connectivity index (χ0n) is 8.13. The fraction of sp³-hybridized carbons (Fsp3) is 0.182. The van der Waals surface area contributed by atoms with Crippen molar-refractivity contribution >= 4 is 11.6 Å². The van der Waals surface area contributed by atoms with Crippen molar-refractivity contribution in [3.63, 3.8) is 0 Å². The summed E-state index contributed by atoms with van der Waals surface area (Å²) in [5, 5.41) is 0.0890. The maximum Gasteiger partial charge on any atom is 0.292 e. The van der Waals surface area contributed by atoms with Gasteiger partial charge in [0.25, 0.3) is 5.35 Å². The number of rotatable bonds is 2. The lowest BCUT2D eigenvalue weighted by molar-refractivity contribution is 0.513. The Morgan fingerprint density at radius 2 is 2.27 bits per heavy atom. The summed E-state index contributed by atoms with van der Waals surface area (Å²) in [6, 6.07) is 6.20. The molecule has 0 saturated heterocycles. The molecule has 1 aromatic heterocycles. The number of aromatic nitrogens is 1. The number of nitrogens with zero attached hydrogens (tertiary/aromatic N) is 1. The van der Waals surface area contributed by atoms with Crippen LogP contribution in [-0.2, 0) is 6.42 Å². The van der Waals surface area contributed by atoms with Crippen molar-refractivity contribution in [3.8, 4) is 11.3 Å². The van der Waals surface area contributed by atoms with Crippen LogP contribution in [0.1, 0.15) is 12.7 Å². The van der Waals surface area contributed by atoms with Crippen LogP contribution in [0, 0.1) is 5.82 Å². The summed E-state index contributed by atoms with van der Waals surface area (Å²) in [6.45, 7) is 1.93. The number of hydrogen-bond donors (Lipinski definition) is 0. The first-order chi connectivity index (χ1) is 7.20. The topological polar surface area (TPSA) is 26.0 Å². The van der Waals surface area contributed by atoms with Gasteiger partial charge in [0.15, 0.2) is 0 Å². The van der Waals surface area contributed by atoms with Crippen LogP contribution in [-0.4, -0.2) is 4.98 Å². The summed E-state index contributed by atoms with van der Waals surface area (Å²) in [5.41, 5.74) is 1.30. The summed E-state index contributed by atoms with van der Waals surface area (Å²) in [4.78, 5) is 4.02. The molecular weight excluding hydrogens is 217 g/mol. The van der Waals surface area contributed by atoms with E-state index in [0.29, 0.717) is 23.4 Å². The summed E-state index contributed by atoms with van der Waals surface area (Å²) in [6.07, 6.45) is 0.672. The molecule has 0 bridgehead atoms. The molecule has 0 amide bonds. The van der Waals surface area contributed by atoms with Gasteiger partial charge >= 0.3 is 0 Å². The minimum absolute atomic E-state index is 0.0890. The van der Waals surface area contributed by atoms with Crippen LogP contribution >= 0.6 is 11.6 Å². The van der Waals surface area contributed by atoms with Crippen LogP contribution in [0.15, 0.2) is 28.7 Å². The van der Waals surface area contributed by atoms with E-state index in [0.717, 1.165) is 0 Å². The van der Waals surface area contributed by atoms with Crippen LogP contribution in [0.5, 0.6) is 0 Å². The highest BCUT2D eigenvalue weighted by molar-refractivity contribution is 6.27. The average molecular weight is 226 g/mol. The Hall–Kier alpha value is -1.35. The molecule has 0 saturated carbocycles. The lowest BCUT2D eigenvalue weighted by Crippen LogP contribution is -1.85. The van der Waals surface area contributed by atoms with E-state index in [4.69, 9.17) is 16.0 Å². The van der Waals surface area contributed by atoms with Crippen LogP contribution in [0.3, 0.4) is 0 Å². The molecule has 2 rings (SSSR count). The van der Waals surface area contributed by atoms with Gasteiger partial charge in [0.05, 0.1) is 0 Å². The summed E-state index contributed by atoms with van der Waals surface area (Å²) < 4.78 is 18.2. The molecule has 0 fully saturated rings. The molecule has 1 aromatic carbocycles. The van der Waals surface area contributed by atoms with Gasteiger partial charge in [-0.2, -0.15) is 4.98 Å². The molecule has 0 N–H and O–H groups in total. The largest absolute Gasteiger partial charge is 0.432 e. The molecule has 0 aliphatic carbocycles. The molecule has 2 aromatic rings. The summed E-state index contributed by atoms with van der Waals surface area (Å²) in [7, 11) is 0. The van der Waals surface area contributed by atoms with Gasteiger partial charge in [0.2, 0.25) is 0 Å². The van der Waals surface area contributed by atoms with Gasteiger partial charge in [-0.1, -0.05) is 19.1 Å². The highest BCUT2D eigenvalue weighted by Crippen LogP contribution is 2.26. The molecule has 0 aliphatic heterocycles. The lowest BCUT2D eigenvalue weighted by atomic mass is 10.1. The average Bonchev–Trinajstić information content (AvgIpc) is 2.59. The molecule has 78 valence electrons. The van der Waals surface area contributed by atoms with Crippen molar-refractivity contribution in [3.05, 3.63) is 41.2 Å². The van der Waals surface area contributed by atoms with E-state index in [-0.39, 0.29) is 11.2 Å². The predicted octanol–water partition coefficient (Wildman–Crippen LogP) is 3.70. The predicted molar refractivity (Wildman–Crippen MR) is 56.3 cm³/mol. The fourth-order valence-electron chi connectivity index (χ4n) is 1.42. The molecule has 1 heterocycles. The molecule has 0 spiro atoms. The number of hydrogen-bond acceptors (Lipinski definition) is 2. The first kappa shape index (κ1) is 10.2. The first-order valence-corrected chi connectivity index (χ1v) is 4.99. The Bertz CT molecular complexity index is 481. The van der Waals surface area contributed by atoms with E-state index < -0.39 is 0 Å². The standard InChI is InChI=1S/C11H9ClFNO/c1-2-9-10(14-11(12)15-9)7-4-3-5-8(13)6-7/h3-6H,2H2,1H3. The van der Waals surface area contributed by atoms with Gasteiger partial charge in [0, 0.05) is 12.0 Å². The molecular formula is C11H9ClFNO. The van der Waals surface area contributed by atoms with Crippen molar-refractivity contribution < 1.29 is 8.81 Å². The smallest absolute Gasteiger partial charge is 0.292 e. The minimum atomic E-state index is -0.298. The summed E-state index contributed by atoms with van der Waals surface area (Å²) in [5.74, 6) is 0.374. The Morgan fingerprint density at radius 1 is 1.47 bits per heavy atom. The maximum absolute atomic E-state index is 13.0. The second-order valence-corrected chi connectivity index (χ2v) is 3.43. The van der Waals surface area contributed by atoms with Crippen molar-refractivity contribution in [2.45, 2.75) is 13.3 Å². The third-order valence-electron chi connectivity index (χ3n) is 2.09. The molecule has 0 atom stereocenters. The van der Waals surface area contributed by atoms with Crippen molar-refractivity contribution in [1.82, 2.24) is 4.98 Å². The number of aryl methyl sites for hydroxylation is 1. The van der Waals surface area contributed by atoms with E-state index in [2.05, 4.69) is 4.98 Å². The highest BCUT2D eigenvalue weighted by atomic mass is 35.5. The molecule has 0 unspecified atom stereocenters. The monoisotopic (exact) mass is 225 g/mol. The van der Waals surface area contributed by atoms with Gasteiger partial charge in [-0.15, -0.1) is 0 Å². The molecule has 4 heteroatoms. The zero-order chi connectivity index (χ0) is 10.8. The van der Waals surface area contributed by atoms with Crippen LogP contribution < -0.4 is 0 Å². The summed E-state index contributed by atoms with van der Waals surface area (Å²) >= 11 is 5.66. The van der Waals surface area contributed by atoms with Crippen molar-refractivity contribution in [2.75, 3.05) is 0 Å². The van der Waals surface area contributed by atoms with Gasteiger partial charge in [0.1, 0.15) is 17.3 Å². The van der Waals surface area contributed by atoms with Crippen molar-refractivity contribution in [2.24, 2.45) is 0 Å². The van der Waals surface area contributed by atoms with Gasteiger partial charge in [-0.05, 0) is 23.7 Å². The second-order valence-electron chi connectivity index (χ2n) is 3.10. The number of halogens is 2. The van der Waals surface area contributed by atoms with E-state index >= 15 is 0 Å². The van der Waals surface area contributed by atoms with Gasteiger partial charge in [-0.25, -0.2) is 4.39 Å². The van der Waals surface area contributed by atoms with Gasteiger partial charge < -0.3 is 4.42 Å². The highest BCUT2D eigenvalue weighted by Gasteiger charge is 2.12. The third-order valence-corrected chi connectivity index (χ3v) is 2.25. The molecule has 2 nitrogen and oxygen atoms in total. The van der Waals surface area contributed by atoms with Crippen LogP contribution in [0.2, 0.25) is 5.35 Å². The van der Waals surface area contributed by atoms with Gasteiger partial charge in [-0.3, -0.25) is 0 Å². The molecule has 0 radical (unpaired) electrons. The number of benzene rings is 1. The van der Waals surface area contributed by atoms with Crippen LogP contribution in [0.25, 0.3) is 11.3 Å². The van der Waals surface area contributed by atoms with E-state index in [1.807, 2.05) is 6.92 Å². The Kier molecular flexibility index (Phi) is 2.73. The Labute approximate surface area is 91.7 Å². The first-order valence-electron chi connectivity index (χ1n) is 4.62. The normalized spacial score (nSPS) is 10.6. The molecule has 15 heavy (non-hydrogen) atoms. The fourth-order valence-corrected chi connectivity index (χ4v) is 1.60. The van der Waals surface area contributed by atoms with E-state index in [9.17, 15) is 4.39 Å². The molecule has 0 aliphatic rings. The SMILES string of the molecule is CCc1oc(Cl)nc1-c1cccc(F)c1. The van der Waals surface area contributed by atoms with E-state index in [1.54, 1.807) is 12.1 Å². The quantitative estimate of drug-likeness (QED) is 0.779. The van der Waals surface area contributed by atoms with Crippen LogP contribution in [0.4, 0.5) is 4.39 Å². The third kappa shape index (κ3) is 2.02. The number of oxazole rings is 1. The minimum Gasteiger partial charge on any atom is -0.432 e. The maximum atomic E-state index is 13.0. The Balaban J connectivity index is 2.53. The second kappa shape index (κ2) is 4.03. The lowest BCUT2D eigenvalue weighted by Gasteiger charge is -1.98.